The molecule has 3 rings (SSSR count). The van der Waals surface area contributed by atoms with Crippen LogP contribution in [0, 0.1) is 0 Å². The van der Waals surface area contributed by atoms with Crippen molar-refractivity contribution in [3.05, 3.63) is 35.5 Å². The molecule has 0 atom stereocenters. The highest BCUT2D eigenvalue weighted by atomic mass is 32.2. The molecule has 1 fully saturated rings. The molecule has 1 aliphatic rings. The fraction of sp³-hybridized carbons (Fsp3) is 0.529. The van der Waals surface area contributed by atoms with Crippen LogP contribution in [0.4, 0.5) is 0 Å². The van der Waals surface area contributed by atoms with Gasteiger partial charge in [-0.05, 0) is 11.4 Å². The third-order valence-corrected chi connectivity index (χ3v) is 7.86. The summed E-state index contributed by atoms with van der Waals surface area (Å²) in [6.45, 7) is 5.14. The number of thiophene rings is 1. The Hall–Kier alpha value is -1.95. The summed E-state index contributed by atoms with van der Waals surface area (Å²) in [6, 6.07) is 5.25. The zero-order chi connectivity index (χ0) is 20.0. The standard InChI is InChI=1S/C17H26N6O3S2/c1-18-17(19-6-7-21(2)28(24,25)16-4-3-13-27-16)23-10-8-22(9-11-23)14-15-5-12-26-20-15/h3-5,12-13H,6-11,14H2,1-2H3,(H,18,19). The normalized spacial score (nSPS) is 16.7. The summed E-state index contributed by atoms with van der Waals surface area (Å²) in [5.41, 5.74) is 0.936. The van der Waals surface area contributed by atoms with Gasteiger partial charge in [0.1, 0.15) is 10.5 Å². The topological polar surface area (TPSA) is 94.3 Å². The van der Waals surface area contributed by atoms with Gasteiger partial charge in [-0.25, -0.2) is 8.42 Å². The van der Waals surface area contributed by atoms with Crippen molar-refractivity contribution in [3.63, 3.8) is 0 Å². The lowest BCUT2D eigenvalue weighted by Gasteiger charge is -2.36. The predicted octanol–water partition coefficient (Wildman–Crippen LogP) is 0.750. The minimum Gasteiger partial charge on any atom is -0.364 e. The number of rotatable bonds is 7. The molecule has 3 heterocycles. The largest absolute Gasteiger partial charge is 0.364 e. The molecule has 28 heavy (non-hydrogen) atoms. The number of hydrogen-bond donors (Lipinski definition) is 1. The van der Waals surface area contributed by atoms with Gasteiger partial charge in [0.05, 0.1) is 5.69 Å². The van der Waals surface area contributed by atoms with Gasteiger partial charge in [-0.15, -0.1) is 11.3 Å². The number of hydrogen-bond acceptors (Lipinski definition) is 7. The van der Waals surface area contributed by atoms with Crippen LogP contribution in [-0.2, 0) is 16.6 Å². The lowest BCUT2D eigenvalue weighted by atomic mass is 10.3. The minimum atomic E-state index is -3.42. The third-order valence-electron chi connectivity index (χ3n) is 4.63. The van der Waals surface area contributed by atoms with Crippen molar-refractivity contribution in [1.82, 2.24) is 24.6 Å². The molecule has 2 aromatic rings. The minimum absolute atomic E-state index is 0.364. The van der Waals surface area contributed by atoms with E-state index in [0.29, 0.717) is 17.3 Å². The Bertz CT molecular complexity index is 844. The van der Waals surface area contributed by atoms with E-state index in [1.54, 1.807) is 37.9 Å². The molecular weight excluding hydrogens is 400 g/mol. The van der Waals surface area contributed by atoms with Crippen LogP contribution in [0.3, 0.4) is 0 Å². The van der Waals surface area contributed by atoms with Crippen LogP contribution in [0.5, 0.6) is 0 Å². The van der Waals surface area contributed by atoms with Crippen LogP contribution in [0.15, 0.2) is 43.6 Å². The van der Waals surface area contributed by atoms with Gasteiger partial charge in [0.15, 0.2) is 5.96 Å². The van der Waals surface area contributed by atoms with Crippen molar-refractivity contribution in [2.75, 3.05) is 53.4 Å². The second-order valence-electron chi connectivity index (χ2n) is 6.49. The van der Waals surface area contributed by atoms with Crippen LogP contribution in [0.2, 0.25) is 0 Å². The zero-order valence-electron chi connectivity index (χ0n) is 16.1. The summed E-state index contributed by atoms with van der Waals surface area (Å²) in [5, 5.41) is 9.00. The highest BCUT2D eigenvalue weighted by molar-refractivity contribution is 7.91. The number of likely N-dealkylation sites (N-methyl/N-ethyl adjacent to an activating group) is 1. The second kappa shape index (κ2) is 9.50. The quantitative estimate of drug-likeness (QED) is 0.516. The van der Waals surface area contributed by atoms with Gasteiger partial charge < -0.3 is 14.7 Å². The van der Waals surface area contributed by atoms with Gasteiger partial charge in [-0.1, -0.05) is 11.2 Å². The monoisotopic (exact) mass is 426 g/mol. The maximum absolute atomic E-state index is 12.5. The molecule has 0 radical (unpaired) electrons. The first-order chi connectivity index (χ1) is 13.5. The van der Waals surface area contributed by atoms with E-state index in [4.69, 9.17) is 4.52 Å². The van der Waals surface area contributed by atoms with Crippen molar-refractivity contribution < 1.29 is 12.9 Å². The van der Waals surface area contributed by atoms with Crippen molar-refractivity contribution in [3.8, 4) is 0 Å². The second-order valence-corrected chi connectivity index (χ2v) is 9.71. The molecule has 0 aliphatic carbocycles. The molecule has 1 N–H and O–H groups in total. The molecule has 11 heteroatoms. The molecule has 0 unspecified atom stereocenters. The van der Waals surface area contributed by atoms with Gasteiger partial charge in [0, 0.05) is 66.0 Å². The molecule has 1 aliphatic heterocycles. The summed E-state index contributed by atoms with van der Waals surface area (Å²) >= 11 is 1.23. The summed E-state index contributed by atoms with van der Waals surface area (Å²) in [7, 11) is -0.0737. The molecule has 0 bridgehead atoms. The van der Waals surface area contributed by atoms with Crippen molar-refractivity contribution in [2.45, 2.75) is 10.8 Å². The molecule has 0 spiro atoms. The van der Waals surface area contributed by atoms with Gasteiger partial charge in [-0.3, -0.25) is 9.89 Å². The van der Waals surface area contributed by atoms with Crippen molar-refractivity contribution in [2.24, 2.45) is 4.99 Å². The number of guanidine groups is 1. The van der Waals surface area contributed by atoms with E-state index in [0.717, 1.165) is 44.4 Å². The lowest BCUT2D eigenvalue weighted by Crippen LogP contribution is -2.53. The smallest absolute Gasteiger partial charge is 0.252 e. The van der Waals surface area contributed by atoms with Crippen LogP contribution in [0.1, 0.15) is 5.69 Å². The Balaban J connectivity index is 1.44. The van der Waals surface area contributed by atoms with E-state index < -0.39 is 10.0 Å². The molecule has 9 nitrogen and oxygen atoms in total. The van der Waals surface area contributed by atoms with E-state index in [1.807, 2.05) is 6.07 Å². The van der Waals surface area contributed by atoms with Crippen LogP contribution in [0.25, 0.3) is 0 Å². The predicted molar refractivity (Wildman–Crippen MR) is 109 cm³/mol. The van der Waals surface area contributed by atoms with E-state index in [1.165, 1.54) is 15.6 Å². The first-order valence-electron chi connectivity index (χ1n) is 9.08. The molecular formula is C17H26N6O3S2. The average Bonchev–Trinajstić information content (AvgIpc) is 3.40. The fourth-order valence-electron chi connectivity index (χ4n) is 3.01. The Morgan fingerprint density at radius 2 is 2.14 bits per heavy atom. The lowest BCUT2D eigenvalue weighted by molar-refractivity contribution is 0.169. The van der Waals surface area contributed by atoms with Gasteiger partial charge in [0.25, 0.3) is 10.0 Å². The van der Waals surface area contributed by atoms with Crippen molar-refractivity contribution in [1.29, 1.82) is 0 Å². The summed E-state index contributed by atoms with van der Waals surface area (Å²) in [6.07, 6.45) is 1.59. The fourth-order valence-corrected chi connectivity index (χ4v) is 5.38. The molecule has 2 aromatic heterocycles. The van der Waals surface area contributed by atoms with Crippen LogP contribution < -0.4 is 5.32 Å². The zero-order valence-corrected chi connectivity index (χ0v) is 17.7. The van der Waals surface area contributed by atoms with Gasteiger partial charge in [-0.2, -0.15) is 4.31 Å². The Morgan fingerprint density at radius 3 is 2.75 bits per heavy atom. The average molecular weight is 427 g/mol. The maximum atomic E-state index is 12.5. The molecule has 154 valence electrons. The number of nitrogens with zero attached hydrogens (tertiary/aromatic N) is 5. The van der Waals surface area contributed by atoms with Gasteiger partial charge >= 0.3 is 0 Å². The number of piperazine rings is 1. The Kier molecular flexibility index (Phi) is 7.05. The highest BCUT2D eigenvalue weighted by Gasteiger charge is 2.23. The number of aliphatic imine (C=N–C) groups is 1. The first kappa shape index (κ1) is 20.8. The maximum Gasteiger partial charge on any atom is 0.252 e. The summed E-state index contributed by atoms with van der Waals surface area (Å²) < 4.78 is 31.5. The number of nitrogens with one attached hydrogen (secondary N) is 1. The SMILES string of the molecule is CN=C(NCCN(C)S(=O)(=O)c1cccs1)N1CCN(Cc2ccon2)CC1. The van der Waals surface area contributed by atoms with Crippen LogP contribution in [-0.4, -0.2) is 87.0 Å². The highest BCUT2D eigenvalue weighted by Crippen LogP contribution is 2.19. The first-order valence-corrected chi connectivity index (χ1v) is 11.4. The van der Waals surface area contributed by atoms with Crippen LogP contribution >= 0.6 is 11.3 Å². The Labute approximate surface area is 169 Å². The number of sulfonamides is 1. The Morgan fingerprint density at radius 1 is 1.36 bits per heavy atom. The molecule has 0 saturated carbocycles. The summed E-state index contributed by atoms with van der Waals surface area (Å²) in [5.74, 6) is 0.794. The molecule has 0 aromatic carbocycles. The molecule has 1 saturated heterocycles. The number of aromatic nitrogens is 1. The molecule has 0 amide bonds. The van der Waals surface area contributed by atoms with Crippen molar-refractivity contribution >= 4 is 27.3 Å². The van der Waals surface area contributed by atoms with Gasteiger partial charge in [0.2, 0.25) is 0 Å². The summed E-state index contributed by atoms with van der Waals surface area (Å²) in [4.78, 5) is 8.85. The van der Waals surface area contributed by atoms with E-state index >= 15 is 0 Å². The van der Waals surface area contributed by atoms with E-state index in [2.05, 4.69) is 25.3 Å². The third kappa shape index (κ3) is 5.10. The van der Waals surface area contributed by atoms with E-state index in [-0.39, 0.29) is 0 Å². The van der Waals surface area contributed by atoms with E-state index in [9.17, 15) is 8.42 Å².